The van der Waals surface area contributed by atoms with Crippen LogP contribution in [0, 0.1) is 17.6 Å². The lowest BCUT2D eigenvalue weighted by molar-refractivity contribution is -0.135. The molecule has 0 saturated carbocycles. The predicted molar refractivity (Wildman–Crippen MR) is 118 cm³/mol. The molecule has 0 radical (unpaired) electrons. The Balaban J connectivity index is 1.65. The zero-order valence-electron chi connectivity index (χ0n) is 18.8. The summed E-state index contributed by atoms with van der Waals surface area (Å²) < 4.78 is 33.1. The molecule has 3 amide bonds. The van der Waals surface area contributed by atoms with E-state index in [-0.39, 0.29) is 30.8 Å². The summed E-state index contributed by atoms with van der Waals surface area (Å²) in [6.45, 7) is 4.68. The zero-order chi connectivity index (χ0) is 24.1. The van der Waals surface area contributed by atoms with Gasteiger partial charge in [0.1, 0.15) is 29.0 Å². The van der Waals surface area contributed by atoms with Crippen molar-refractivity contribution in [3.8, 4) is 5.75 Å². The first-order valence-corrected chi connectivity index (χ1v) is 10.7. The van der Waals surface area contributed by atoms with Crippen LogP contribution in [0.25, 0.3) is 0 Å². The number of nitrogens with one attached hydrogen (secondary N) is 1. The lowest BCUT2D eigenvalue weighted by Crippen LogP contribution is -2.57. The number of hydrogen-bond donors (Lipinski definition) is 1. The van der Waals surface area contributed by atoms with Gasteiger partial charge in [-0.15, -0.1) is 0 Å². The van der Waals surface area contributed by atoms with Crippen molar-refractivity contribution in [3.05, 3.63) is 65.2 Å². The molecule has 2 aromatic carbocycles. The van der Waals surface area contributed by atoms with E-state index >= 15 is 0 Å². The van der Waals surface area contributed by atoms with Crippen LogP contribution in [-0.4, -0.2) is 66.9 Å². The van der Waals surface area contributed by atoms with E-state index in [1.54, 1.807) is 47.9 Å². The maximum atomic E-state index is 14.0. The number of carbonyl (C=O) groups excluding carboxylic acids is 3. The van der Waals surface area contributed by atoms with Crippen LogP contribution < -0.4 is 10.1 Å². The smallest absolute Gasteiger partial charge is 0.257 e. The van der Waals surface area contributed by atoms with Gasteiger partial charge in [-0.3, -0.25) is 14.4 Å². The topological polar surface area (TPSA) is 79.0 Å². The normalized spacial score (nSPS) is 14.7. The molecule has 3 rings (SSSR count). The van der Waals surface area contributed by atoms with Gasteiger partial charge < -0.3 is 19.9 Å². The maximum absolute atomic E-state index is 14.0. The van der Waals surface area contributed by atoms with Gasteiger partial charge in [-0.25, -0.2) is 8.78 Å². The number of halogens is 2. The first kappa shape index (κ1) is 24.2. The van der Waals surface area contributed by atoms with E-state index in [1.165, 1.54) is 13.2 Å². The van der Waals surface area contributed by atoms with E-state index in [0.717, 1.165) is 12.1 Å². The average Bonchev–Trinajstić information content (AvgIpc) is 2.81. The molecule has 0 aliphatic carbocycles. The Labute approximate surface area is 191 Å². The number of hydrogen-bond acceptors (Lipinski definition) is 4. The van der Waals surface area contributed by atoms with Gasteiger partial charge in [0.2, 0.25) is 5.91 Å². The number of rotatable bonds is 6. The summed E-state index contributed by atoms with van der Waals surface area (Å²) in [7, 11) is 1.53. The number of carbonyl (C=O) groups is 3. The standard InChI is InChI=1S/C24H27F2N3O4/c1-15(2)21(27-22(30)20-18(25)8-5-9-19(20)26)24(32)29-12-10-28(11-13-29)23(31)16-6-4-7-17(14-16)33-3/h4-9,14-15,21H,10-13H2,1-3H3,(H,27,30)/t21-/m0/s1. The molecule has 1 heterocycles. The molecular weight excluding hydrogens is 432 g/mol. The molecule has 176 valence electrons. The molecule has 33 heavy (non-hydrogen) atoms. The van der Waals surface area contributed by atoms with Crippen LogP contribution in [0.4, 0.5) is 8.78 Å². The van der Waals surface area contributed by atoms with Gasteiger partial charge in [0.25, 0.3) is 11.8 Å². The zero-order valence-corrected chi connectivity index (χ0v) is 18.8. The Morgan fingerprint density at radius 3 is 2.09 bits per heavy atom. The van der Waals surface area contributed by atoms with Gasteiger partial charge in [0, 0.05) is 31.7 Å². The highest BCUT2D eigenvalue weighted by Gasteiger charge is 2.33. The molecule has 1 fully saturated rings. The number of benzene rings is 2. The Bertz CT molecular complexity index is 1020. The van der Waals surface area contributed by atoms with Gasteiger partial charge in [-0.2, -0.15) is 0 Å². The summed E-state index contributed by atoms with van der Waals surface area (Å²) in [4.78, 5) is 41.6. The van der Waals surface area contributed by atoms with E-state index in [9.17, 15) is 23.2 Å². The van der Waals surface area contributed by atoms with Crippen molar-refractivity contribution >= 4 is 17.7 Å². The van der Waals surface area contributed by atoms with Crippen molar-refractivity contribution in [2.24, 2.45) is 5.92 Å². The van der Waals surface area contributed by atoms with Crippen molar-refractivity contribution in [3.63, 3.8) is 0 Å². The van der Waals surface area contributed by atoms with Gasteiger partial charge >= 0.3 is 0 Å². The second-order valence-electron chi connectivity index (χ2n) is 8.14. The molecule has 9 heteroatoms. The van der Waals surface area contributed by atoms with Crippen molar-refractivity contribution in [1.82, 2.24) is 15.1 Å². The summed E-state index contributed by atoms with van der Waals surface area (Å²) in [5.74, 6) is -3.22. The van der Waals surface area contributed by atoms with Gasteiger partial charge in [0.15, 0.2) is 0 Å². The fourth-order valence-electron chi connectivity index (χ4n) is 3.71. The van der Waals surface area contributed by atoms with E-state index in [4.69, 9.17) is 4.74 Å². The van der Waals surface area contributed by atoms with E-state index in [0.29, 0.717) is 24.4 Å². The molecule has 0 bridgehead atoms. The van der Waals surface area contributed by atoms with E-state index in [2.05, 4.69) is 5.32 Å². The Hall–Kier alpha value is -3.49. The Morgan fingerprint density at radius 2 is 1.52 bits per heavy atom. The quantitative estimate of drug-likeness (QED) is 0.721. The molecule has 1 aliphatic heterocycles. The van der Waals surface area contributed by atoms with Gasteiger partial charge in [-0.05, 0) is 36.2 Å². The highest BCUT2D eigenvalue weighted by Crippen LogP contribution is 2.17. The molecule has 1 N–H and O–H groups in total. The average molecular weight is 459 g/mol. The second kappa shape index (κ2) is 10.4. The van der Waals surface area contributed by atoms with E-state index in [1.807, 2.05) is 0 Å². The van der Waals surface area contributed by atoms with Crippen molar-refractivity contribution in [2.75, 3.05) is 33.3 Å². The summed E-state index contributed by atoms with van der Waals surface area (Å²) in [6, 6.07) is 9.03. The SMILES string of the molecule is COc1cccc(C(=O)N2CCN(C(=O)[C@@H](NC(=O)c3c(F)cccc3F)C(C)C)CC2)c1. The van der Waals surface area contributed by atoms with Crippen LogP contribution in [0.3, 0.4) is 0 Å². The Morgan fingerprint density at radius 1 is 0.939 bits per heavy atom. The molecular formula is C24H27F2N3O4. The minimum atomic E-state index is -0.993. The van der Waals surface area contributed by atoms with Crippen LogP contribution in [0.2, 0.25) is 0 Å². The number of ether oxygens (including phenoxy) is 1. The molecule has 0 spiro atoms. The van der Waals surface area contributed by atoms with Crippen LogP contribution >= 0.6 is 0 Å². The molecule has 2 aromatic rings. The number of methoxy groups -OCH3 is 1. The molecule has 1 atom stereocenters. The fraction of sp³-hybridized carbons (Fsp3) is 0.375. The van der Waals surface area contributed by atoms with E-state index < -0.39 is 29.1 Å². The first-order chi connectivity index (χ1) is 15.7. The number of piperazine rings is 1. The summed E-state index contributed by atoms with van der Waals surface area (Å²) in [5, 5.41) is 2.48. The largest absolute Gasteiger partial charge is 0.497 e. The third-order valence-electron chi connectivity index (χ3n) is 5.60. The molecule has 7 nitrogen and oxygen atoms in total. The van der Waals surface area contributed by atoms with Gasteiger partial charge in [-0.1, -0.05) is 26.0 Å². The van der Waals surface area contributed by atoms with Crippen molar-refractivity contribution < 1.29 is 27.9 Å². The number of amides is 3. The lowest BCUT2D eigenvalue weighted by Gasteiger charge is -2.37. The third-order valence-corrected chi connectivity index (χ3v) is 5.60. The third kappa shape index (κ3) is 5.47. The van der Waals surface area contributed by atoms with Crippen LogP contribution in [-0.2, 0) is 4.79 Å². The van der Waals surface area contributed by atoms with Crippen LogP contribution in [0.1, 0.15) is 34.6 Å². The van der Waals surface area contributed by atoms with Crippen LogP contribution in [0.5, 0.6) is 5.75 Å². The molecule has 0 unspecified atom stereocenters. The molecule has 1 saturated heterocycles. The summed E-state index contributed by atoms with van der Waals surface area (Å²) in [6.07, 6.45) is 0. The Kier molecular flexibility index (Phi) is 7.63. The maximum Gasteiger partial charge on any atom is 0.257 e. The monoisotopic (exact) mass is 459 g/mol. The van der Waals surface area contributed by atoms with Crippen molar-refractivity contribution in [1.29, 1.82) is 0 Å². The van der Waals surface area contributed by atoms with Gasteiger partial charge in [0.05, 0.1) is 7.11 Å². The minimum Gasteiger partial charge on any atom is -0.497 e. The molecule has 0 aromatic heterocycles. The summed E-state index contributed by atoms with van der Waals surface area (Å²) in [5.41, 5.74) is -0.224. The highest BCUT2D eigenvalue weighted by atomic mass is 19.1. The predicted octanol–water partition coefficient (Wildman–Crippen LogP) is 2.71. The lowest BCUT2D eigenvalue weighted by atomic mass is 10.0. The van der Waals surface area contributed by atoms with Crippen molar-refractivity contribution in [2.45, 2.75) is 19.9 Å². The highest BCUT2D eigenvalue weighted by molar-refractivity contribution is 5.98. The number of nitrogens with zero attached hydrogens (tertiary/aromatic N) is 2. The molecule has 1 aliphatic rings. The second-order valence-corrected chi connectivity index (χ2v) is 8.14. The summed E-state index contributed by atoms with van der Waals surface area (Å²) >= 11 is 0. The van der Waals surface area contributed by atoms with Crippen LogP contribution in [0.15, 0.2) is 42.5 Å². The fourth-order valence-corrected chi connectivity index (χ4v) is 3.71. The minimum absolute atomic E-state index is 0.162. The first-order valence-electron chi connectivity index (χ1n) is 10.7.